The number of nitrogens with zero attached hydrogens (tertiary/aromatic N) is 2. The lowest BCUT2D eigenvalue weighted by Crippen LogP contribution is -2.20. The highest BCUT2D eigenvalue weighted by Gasteiger charge is 2.26. The van der Waals surface area contributed by atoms with Gasteiger partial charge in [0.1, 0.15) is 0 Å². The molecule has 2 aliphatic rings. The van der Waals surface area contributed by atoms with Crippen LogP contribution in [0.3, 0.4) is 0 Å². The van der Waals surface area contributed by atoms with Crippen LogP contribution < -0.4 is 0 Å². The Morgan fingerprint density at radius 1 is 1.12 bits per heavy atom. The lowest BCUT2D eigenvalue weighted by atomic mass is 9.89. The Bertz CT molecular complexity index is 797. The summed E-state index contributed by atoms with van der Waals surface area (Å²) in [6.07, 6.45) is 8.36. The number of oxime groups is 1. The number of carbonyl (C=O) groups excluding carboxylic acids is 1. The maximum atomic E-state index is 12.3. The summed E-state index contributed by atoms with van der Waals surface area (Å²) in [7, 11) is 2.11. The second kappa shape index (κ2) is 6.42. The fraction of sp³-hybridized carbons (Fsp3) is 0.500. The number of hydrogen-bond acceptors (Lipinski definition) is 3. The first-order valence-corrected chi connectivity index (χ1v) is 9.10. The maximum Gasteiger partial charge on any atom is 0.338 e. The van der Waals surface area contributed by atoms with Crippen LogP contribution in [-0.4, -0.2) is 16.2 Å². The number of para-hydroxylation sites is 1. The summed E-state index contributed by atoms with van der Waals surface area (Å²) < 4.78 is 2.25. The Kier molecular flexibility index (Phi) is 4.13. The number of fused-ring (bicyclic) bond motifs is 3. The van der Waals surface area contributed by atoms with Crippen molar-refractivity contribution in [2.75, 3.05) is 0 Å². The third-order valence-corrected chi connectivity index (χ3v) is 5.53. The van der Waals surface area contributed by atoms with E-state index in [1.165, 1.54) is 28.6 Å². The van der Waals surface area contributed by atoms with E-state index in [4.69, 9.17) is 4.84 Å². The molecule has 0 spiro atoms. The van der Waals surface area contributed by atoms with Gasteiger partial charge in [-0.1, -0.05) is 42.6 Å². The van der Waals surface area contributed by atoms with Gasteiger partial charge in [0, 0.05) is 29.2 Å². The van der Waals surface area contributed by atoms with Gasteiger partial charge in [0.15, 0.2) is 0 Å². The van der Waals surface area contributed by atoms with Crippen LogP contribution in [0.5, 0.6) is 0 Å². The second-order valence-corrected chi connectivity index (χ2v) is 7.03. The number of carbonyl (C=O) groups is 1. The van der Waals surface area contributed by atoms with Gasteiger partial charge in [0.25, 0.3) is 0 Å². The summed E-state index contributed by atoms with van der Waals surface area (Å²) in [5.74, 6) is -0.103. The lowest BCUT2D eigenvalue weighted by Gasteiger charge is -2.19. The Morgan fingerprint density at radius 2 is 1.92 bits per heavy atom. The Hall–Kier alpha value is -2.10. The number of hydrogen-bond donors (Lipinski definition) is 0. The molecule has 1 fully saturated rings. The van der Waals surface area contributed by atoms with Crippen molar-refractivity contribution in [3.63, 3.8) is 0 Å². The van der Waals surface area contributed by atoms with Gasteiger partial charge in [-0.05, 0) is 38.2 Å². The average molecular weight is 324 g/mol. The highest BCUT2D eigenvalue weighted by Crippen LogP contribution is 2.32. The monoisotopic (exact) mass is 324 g/mol. The van der Waals surface area contributed by atoms with Crippen LogP contribution in [0, 0.1) is 5.92 Å². The molecular weight excluding hydrogens is 300 g/mol. The Morgan fingerprint density at radius 3 is 2.75 bits per heavy atom. The summed E-state index contributed by atoms with van der Waals surface area (Å²) in [6.45, 7) is 0. The summed E-state index contributed by atoms with van der Waals surface area (Å²) in [4.78, 5) is 17.7. The van der Waals surface area contributed by atoms with Crippen molar-refractivity contribution in [1.82, 2.24) is 4.57 Å². The molecule has 4 nitrogen and oxygen atoms in total. The normalized spacial score (nSPS) is 20.3. The minimum absolute atomic E-state index is 0.0404. The molecule has 1 saturated carbocycles. The van der Waals surface area contributed by atoms with Gasteiger partial charge in [0.05, 0.1) is 11.6 Å². The van der Waals surface area contributed by atoms with Gasteiger partial charge >= 0.3 is 5.97 Å². The zero-order valence-corrected chi connectivity index (χ0v) is 14.3. The molecule has 2 aromatic rings. The van der Waals surface area contributed by atoms with Gasteiger partial charge in [-0.2, -0.15) is 0 Å². The predicted molar refractivity (Wildman–Crippen MR) is 95.1 cm³/mol. The predicted octanol–water partition coefficient (Wildman–Crippen LogP) is 4.34. The van der Waals surface area contributed by atoms with Crippen molar-refractivity contribution in [2.45, 2.75) is 51.4 Å². The molecule has 0 radical (unpaired) electrons. The Balaban J connectivity index is 1.64. The van der Waals surface area contributed by atoms with Crippen LogP contribution in [0.15, 0.2) is 29.4 Å². The van der Waals surface area contributed by atoms with Gasteiger partial charge in [-0.25, -0.2) is 4.79 Å². The minimum Gasteiger partial charge on any atom is -0.347 e. The van der Waals surface area contributed by atoms with Crippen LogP contribution in [0.25, 0.3) is 10.9 Å². The molecule has 1 heterocycles. The van der Waals surface area contributed by atoms with Gasteiger partial charge in [0.2, 0.25) is 0 Å². The van der Waals surface area contributed by atoms with Crippen LogP contribution in [0.2, 0.25) is 0 Å². The van der Waals surface area contributed by atoms with E-state index >= 15 is 0 Å². The fourth-order valence-electron chi connectivity index (χ4n) is 4.21. The fourth-order valence-corrected chi connectivity index (χ4v) is 4.21. The maximum absolute atomic E-state index is 12.3. The van der Waals surface area contributed by atoms with Crippen LogP contribution in [-0.2, 0) is 23.1 Å². The SMILES string of the molecule is Cn1c2c(c3ccccc31)/C(=N\OC(=O)C1CCCCC1)CCC2. The van der Waals surface area contributed by atoms with E-state index < -0.39 is 0 Å². The molecule has 0 saturated heterocycles. The first-order chi connectivity index (χ1) is 11.8. The molecule has 1 aromatic heterocycles. The van der Waals surface area contributed by atoms with E-state index in [9.17, 15) is 4.79 Å². The zero-order chi connectivity index (χ0) is 16.5. The smallest absolute Gasteiger partial charge is 0.338 e. The molecular formula is C20H24N2O2. The van der Waals surface area contributed by atoms with Crippen molar-refractivity contribution >= 4 is 22.6 Å². The van der Waals surface area contributed by atoms with E-state index in [-0.39, 0.29) is 11.9 Å². The molecule has 0 amide bonds. The number of rotatable bonds is 2. The molecule has 0 atom stereocenters. The Labute approximate surface area is 142 Å². The molecule has 2 aliphatic carbocycles. The second-order valence-electron chi connectivity index (χ2n) is 7.03. The van der Waals surface area contributed by atoms with Crippen molar-refractivity contribution in [3.05, 3.63) is 35.5 Å². The molecule has 0 N–H and O–H groups in total. The standard InChI is InChI=1S/C20H24N2O2/c1-22-17-12-6-5-10-15(17)19-16(11-7-13-18(19)22)21-24-20(23)14-8-3-2-4-9-14/h5-6,10,12,14H,2-4,7-9,11,13H2,1H3/b21-16-. The van der Waals surface area contributed by atoms with Crippen LogP contribution >= 0.6 is 0 Å². The van der Waals surface area contributed by atoms with Crippen LogP contribution in [0.4, 0.5) is 0 Å². The molecule has 4 rings (SSSR count). The van der Waals surface area contributed by atoms with Gasteiger partial charge < -0.3 is 9.40 Å². The van der Waals surface area contributed by atoms with Crippen molar-refractivity contribution in [1.29, 1.82) is 0 Å². The average Bonchev–Trinajstić information content (AvgIpc) is 2.94. The minimum atomic E-state index is -0.144. The topological polar surface area (TPSA) is 43.6 Å². The highest BCUT2D eigenvalue weighted by atomic mass is 16.7. The van der Waals surface area contributed by atoms with E-state index in [0.29, 0.717) is 0 Å². The van der Waals surface area contributed by atoms with Gasteiger partial charge in [-0.15, -0.1) is 0 Å². The first kappa shape index (κ1) is 15.4. The molecule has 24 heavy (non-hydrogen) atoms. The molecule has 4 heteroatoms. The van der Waals surface area contributed by atoms with Crippen molar-refractivity contribution < 1.29 is 9.63 Å². The number of aryl methyl sites for hydroxylation is 1. The summed E-state index contributed by atoms with van der Waals surface area (Å²) in [5.41, 5.74) is 4.62. The van der Waals surface area contributed by atoms with Crippen molar-refractivity contribution in [3.8, 4) is 0 Å². The van der Waals surface area contributed by atoms with Gasteiger partial charge in [-0.3, -0.25) is 0 Å². The highest BCUT2D eigenvalue weighted by molar-refractivity contribution is 6.12. The van der Waals surface area contributed by atoms with E-state index in [1.54, 1.807) is 0 Å². The third-order valence-electron chi connectivity index (χ3n) is 5.53. The largest absolute Gasteiger partial charge is 0.347 e. The molecule has 0 aliphatic heterocycles. The summed E-state index contributed by atoms with van der Waals surface area (Å²) in [6, 6.07) is 8.40. The molecule has 0 bridgehead atoms. The molecule has 0 unspecified atom stereocenters. The van der Waals surface area contributed by atoms with Crippen LogP contribution in [0.1, 0.15) is 56.2 Å². The summed E-state index contributed by atoms with van der Waals surface area (Å²) in [5, 5.41) is 5.53. The quantitative estimate of drug-likeness (QED) is 0.609. The van der Waals surface area contributed by atoms with E-state index in [0.717, 1.165) is 50.7 Å². The number of aromatic nitrogens is 1. The van der Waals surface area contributed by atoms with E-state index in [2.05, 4.69) is 41.0 Å². The lowest BCUT2D eigenvalue weighted by molar-refractivity contribution is -0.149. The van der Waals surface area contributed by atoms with E-state index in [1.807, 2.05) is 0 Å². The molecule has 126 valence electrons. The first-order valence-electron chi connectivity index (χ1n) is 9.10. The third kappa shape index (κ3) is 2.64. The molecule has 1 aromatic carbocycles. The zero-order valence-electron chi connectivity index (χ0n) is 14.3. The van der Waals surface area contributed by atoms with Crippen molar-refractivity contribution in [2.24, 2.45) is 18.1 Å². The summed E-state index contributed by atoms with van der Waals surface area (Å²) >= 11 is 0. The number of benzene rings is 1.